The molecule has 0 atom stereocenters. The van der Waals surface area contributed by atoms with Gasteiger partial charge in [-0.1, -0.05) is 12.6 Å². The number of alkyl halides is 1. The van der Waals surface area contributed by atoms with E-state index in [0.717, 1.165) is 5.56 Å². The molecule has 0 bridgehead atoms. The average molecular weight is 284 g/mol. The van der Waals surface area contributed by atoms with Gasteiger partial charge in [-0.15, -0.1) is 11.6 Å². The lowest BCUT2D eigenvalue weighted by Crippen LogP contribution is -2.27. The summed E-state index contributed by atoms with van der Waals surface area (Å²) >= 11 is 5.66. The fraction of sp³-hybridized carbons (Fsp3) is 0.357. The van der Waals surface area contributed by atoms with E-state index < -0.39 is 11.7 Å². The fourth-order valence-corrected chi connectivity index (χ4v) is 1.50. The van der Waals surface area contributed by atoms with Gasteiger partial charge in [0.2, 0.25) is 0 Å². The molecule has 0 aromatic heterocycles. The Balaban J connectivity index is 2.81. The summed E-state index contributed by atoms with van der Waals surface area (Å²) in [5.41, 5.74) is 1.11. The number of halogens is 1. The quantitative estimate of drug-likeness (QED) is 0.651. The fourth-order valence-electron chi connectivity index (χ4n) is 1.35. The Morgan fingerprint density at radius 2 is 2.11 bits per heavy atom. The van der Waals surface area contributed by atoms with Crippen LogP contribution in [0.3, 0.4) is 0 Å². The zero-order valence-corrected chi connectivity index (χ0v) is 12.0. The number of phenolic OH excluding ortho intramolecular Hbond substituents is 1. The molecule has 0 saturated heterocycles. The number of hydrogen-bond donors (Lipinski definition) is 2. The first-order chi connectivity index (χ1) is 8.73. The first kappa shape index (κ1) is 15.4. The van der Waals surface area contributed by atoms with Gasteiger partial charge in [-0.3, -0.25) is 5.32 Å². The van der Waals surface area contributed by atoms with Crippen LogP contribution in [0.4, 0.5) is 10.5 Å². The lowest BCUT2D eigenvalue weighted by molar-refractivity contribution is 0.0635. The number of carbonyl (C=O) groups excluding carboxylic acids is 1. The maximum absolute atomic E-state index is 11.6. The maximum Gasteiger partial charge on any atom is 0.412 e. The number of nitrogens with one attached hydrogen (secondary N) is 1. The van der Waals surface area contributed by atoms with Gasteiger partial charge in [0.15, 0.2) is 0 Å². The monoisotopic (exact) mass is 283 g/mol. The topological polar surface area (TPSA) is 58.6 Å². The number of amides is 1. The molecule has 1 amide bonds. The standard InChI is InChI=1S/C14H18ClNO3/c1-9(8-15)10-5-6-11(12(17)7-10)16-13(18)19-14(2,3)4/h5-7,17H,1,8H2,2-4H3,(H,16,18). The van der Waals surface area contributed by atoms with Gasteiger partial charge in [-0.25, -0.2) is 4.79 Å². The Hall–Kier alpha value is -1.68. The third-order valence-corrected chi connectivity index (χ3v) is 2.53. The second-order valence-electron chi connectivity index (χ2n) is 5.10. The lowest BCUT2D eigenvalue weighted by Gasteiger charge is -2.20. The third-order valence-electron chi connectivity index (χ3n) is 2.20. The summed E-state index contributed by atoms with van der Waals surface area (Å²) in [7, 11) is 0. The van der Waals surface area contributed by atoms with Crippen molar-refractivity contribution >= 4 is 29.0 Å². The van der Waals surface area contributed by atoms with E-state index >= 15 is 0 Å². The van der Waals surface area contributed by atoms with Crippen LogP contribution in [-0.2, 0) is 4.74 Å². The van der Waals surface area contributed by atoms with Gasteiger partial charge >= 0.3 is 6.09 Å². The zero-order chi connectivity index (χ0) is 14.6. The van der Waals surface area contributed by atoms with Gasteiger partial charge in [0.25, 0.3) is 0 Å². The Morgan fingerprint density at radius 1 is 1.47 bits per heavy atom. The summed E-state index contributed by atoms with van der Waals surface area (Å²) in [6, 6.07) is 4.79. The highest BCUT2D eigenvalue weighted by atomic mass is 35.5. The first-order valence-corrected chi connectivity index (χ1v) is 6.33. The molecule has 0 radical (unpaired) electrons. The summed E-state index contributed by atoms with van der Waals surface area (Å²) in [4.78, 5) is 11.6. The smallest absolute Gasteiger partial charge is 0.412 e. The van der Waals surface area contributed by atoms with E-state index in [-0.39, 0.29) is 17.3 Å². The predicted octanol–water partition coefficient (Wildman–Crippen LogP) is 3.99. The number of rotatable bonds is 3. The van der Waals surface area contributed by atoms with E-state index in [4.69, 9.17) is 16.3 Å². The molecule has 0 heterocycles. The van der Waals surface area contributed by atoms with Crippen LogP contribution in [0.15, 0.2) is 24.8 Å². The number of aromatic hydroxyl groups is 1. The minimum absolute atomic E-state index is 0.0605. The number of allylic oxidation sites excluding steroid dienone is 1. The second kappa shape index (κ2) is 5.97. The summed E-state index contributed by atoms with van der Waals surface area (Å²) in [5.74, 6) is 0.216. The average Bonchev–Trinajstić information content (AvgIpc) is 2.28. The molecule has 2 N–H and O–H groups in total. The van der Waals surface area contributed by atoms with Crippen LogP contribution in [0.2, 0.25) is 0 Å². The molecule has 0 saturated carbocycles. The second-order valence-corrected chi connectivity index (χ2v) is 5.36. The molecule has 1 aromatic carbocycles. The molecular weight excluding hydrogens is 266 g/mol. The summed E-state index contributed by atoms with van der Waals surface area (Å²) in [6.07, 6.45) is -0.619. The number of hydrogen-bond acceptors (Lipinski definition) is 3. The van der Waals surface area contributed by atoms with Crippen LogP contribution >= 0.6 is 11.6 Å². The van der Waals surface area contributed by atoms with Crippen molar-refractivity contribution in [3.63, 3.8) is 0 Å². The molecule has 0 unspecified atom stereocenters. The van der Waals surface area contributed by atoms with Crippen LogP contribution in [0, 0.1) is 0 Å². The summed E-state index contributed by atoms with van der Waals surface area (Å²) in [5, 5.41) is 12.3. The van der Waals surface area contributed by atoms with E-state index in [1.807, 2.05) is 0 Å². The van der Waals surface area contributed by atoms with Crippen molar-refractivity contribution in [2.24, 2.45) is 0 Å². The highest BCUT2D eigenvalue weighted by molar-refractivity contribution is 6.23. The van der Waals surface area contributed by atoms with Gasteiger partial charge in [0.05, 0.1) is 5.69 Å². The minimum atomic E-state index is -0.619. The van der Waals surface area contributed by atoms with Crippen LogP contribution in [-0.4, -0.2) is 22.7 Å². The molecule has 0 aliphatic rings. The Kier molecular flexibility index (Phi) is 4.84. The Morgan fingerprint density at radius 3 is 2.58 bits per heavy atom. The molecule has 5 heteroatoms. The number of benzene rings is 1. The van der Waals surface area contributed by atoms with Gasteiger partial charge in [-0.2, -0.15) is 0 Å². The van der Waals surface area contributed by atoms with Crippen molar-refractivity contribution in [1.82, 2.24) is 0 Å². The molecule has 19 heavy (non-hydrogen) atoms. The molecular formula is C14H18ClNO3. The van der Waals surface area contributed by atoms with Crippen molar-refractivity contribution in [1.29, 1.82) is 0 Å². The van der Waals surface area contributed by atoms with Crippen molar-refractivity contribution in [2.75, 3.05) is 11.2 Å². The van der Waals surface area contributed by atoms with Crippen molar-refractivity contribution in [2.45, 2.75) is 26.4 Å². The Labute approximate surface area is 118 Å². The molecule has 0 aliphatic heterocycles. The van der Waals surface area contributed by atoms with Crippen molar-refractivity contribution < 1.29 is 14.6 Å². The van der Waals surface area contributed by atoms with Crippen LogP contribution in [0.5, 0.6) is 5.75 Å². The lowest BCUT2D eigenvalue weighted by atomic mass is 10.1. The van der Waals surface area contributed by atoms with Crippen LogP contribution < -0.4 is 5.32 Å². The highest BCUT2D eigenvalue weighted by Gasteiger charge is 2.17. The van der Waals surface area contributed by atoms with E-state index in [1.165, 1.54) is 6.07 Å². The number of ether oxygens (including phenoxy) is 1. The minimum Gasteiger partial charge on any atom is -0.506 e. The maximum atomic E-state index is 11.6. The highest BCUT2D eigenvalue weighted by Crippen LogP contribution is 2.28. The zero-order valence-electron chi connectivity index (χ0n) is 11.3. The van der Waals surface area contributed by atoms with Gasteiger partial charge < -0.3 is 9.84 Å². The first-order valence-electron chi connectivity index (χ1n) is 5.80. The molecule has 0 aliphatic carbocycles. The largest absolute Gasteiger partial charge is 0.506 e. The molecule has 104 valence electrons. The molecule has 4 nitrogen and oxygen atoms in total. The molecule has 0 spiro atoms. The molecule has 1 aromatic rings. The number of anilines is 1. The van der Waals surface area contributed by atoms with Gasteiger partial charge in [0, 0.05) is 5.88 Å². The molecule has 0 fully saturated rings. The van der Waals surface area contributed by atoms with Gasteiger partial charge in [-0.05, 0) is 44.0 Å². The van der Waals surface area contributed by atoms with E-state index in [0.29, 0.717) is 5.57 Å². The Bertz CT molecular complexity index is 492. The third kappa shape index (κ3) is 4.83. The number of carbonyl (C=O) groups is 1. The van der Waals surface area contributed by atoms with Gasteiger partial charge in [0.1, 0.15) is 11.4 Å². The van der Waals surface area contributed by atoms with Crippen LogP contribution in [0.1, 0.15) is 26.3 Å². The normalized spacial score (nSPS) is 10.9. The summed E-state index contributed by atoms with van der Waals surface area (Å²) in [6.45, 7) is 9.06. The predicted molar refractivity (Wildman–Crippen MR) is 77.7 cm³/mol. The van der Waals surface area contributed by atoms with E-state index in [9.17, 15) is 9.90 Å². The van der Waals surface area contributed by atoms with Crippen molar-refractivity contribution in [3.8, 4) is 5.75 Å². The van der Waals surface area contributed by atoms with Crippen LogP contribution in [0.25, 0.3) is 5.57 Å². The molecule has 1 rings (SSSR count). The van der Waals surface area contributed by atoms with Crippen molar-refractivity contribution in [3.05, 3.63) is 30.3 Å². The SMILES string of the molecule is C=C(CCl)c1ccc(NC(=O)OC(C)(C)C)c(O)c1. The van der Waals surface area contributed by atoms with E-state index in [2.05, 4.69) is 11.9 Å². The number of phenols is 1. The van der Waals surface area contributed by atoms with E-state index in [1.54, 1.807) is 32.9 Å². The summed E-state index contributed by atoms with van der Waals surface area (Å²) < 4.78 is 5.10.